The van der Waals surface area contributed by atoms with Gasteiger partial charge in [-0.1, -0.05) is 12.2 Å². The predicted molar refractivity (Wildman–Crippen MR) is 58.6 cm³/mol. The molecule has 1 aliphatic heterocycles. The molecule has 0 radical (unpaired) electrons. The highest BCUT2D eigenvalue weighted by atomic mass is 32.1. The lowest BCUT2D eigenvalue weighted by atomic mass is 10.3. The molecule has 0 aromatic rings. The Hall–Kier alpha value is -0.640. The number of thiol groups is 1. The Labute approximate surface area is 87.7 Å². The number of rotatable bonds is 2. The van der Waals surface area contributed by atoms with Crippen LogP contribution in [-0.4, -0.2) is 34.0 Å². The van der Waals surface area contributed by atoms with Crippen LogP contribution in [0.3, 0.4) is 0 Å². The van der Waals surface area contributed by atoms with E-state index >= 15 is 0 Å². The summed E-state index contributed by atoms with van der Waals surface area (Å²) in [5.74, 6) is 1.82. The fourth-order valence-corrected chi connectivity index (χ4v) is 1.57. The van der Waals surface area contributed by atoms with Gasteiger partial charge in [-0.05, 0) is 18.7 Å². The number of carbonyl (C=O) groups is 1. The normalized spacial score (nSPS) is 15.3. The molecule has 0 bridgehead atoms. The van der Waals surface area contributed by atoms with E-state index in [1.54, 1.807) is 4.90 Å². The lowest BCUT2D eigenvalue weighted by molar-refractivity contribution is -0.125. The molecule has 1 saturated heterocycles. The third kappa shape index (κ3) is 2.40. The summed E-state index contributed by atoms with van der Waals surface area (Å²) in [6.07, 6.45) is 2.05. The van der Waals surface area contributed by atoms with E-state index in [9.17, 15) is 4.79 Å². The maximum Gasteiger partial charge on any atom is 0.265 e. The summed E-state index contributed by atoms with van der Waals surface area (Å²) >= 11 is 8.59. The zero-order valence-corrected chi connectivity index (χ0v) is 8.75. The van der Waals surface area contributed by atoms with Crippen molar-refractivity contribution in [2.45, 2.75) is 12.8 Å². The summed E-state index contributed by atoms with van der Waals surface area (Å²) in [6.45, 7) is 1.50. The number of amides is 1. The molecule has 1 amide bonds. The average molecular weight is 214 g/mol. The summed E-state index contributed by atoms with van der Waals surface area (Å²) in [5, 5.41) is 6.91. The van der Waals surface area contributed by atoms with Crippen molar-refractivity contribution < 1.29 is 4.79 Å². The zero-order chi connectivity index (χ0) is 9.84. The van der Waals surface area contributed by atoms with Crippen molar-refractivity contribution in [1.29, 1.82) is 5.41 Å². The number of nitrogens with one attached hydrogen (secondary N) is 1. The second-order valence-electron chi connectivity index (χ2n) is 2.80. The highest BCUT2D eigenvalue weighted by molar-refractivity contribution is 8.12. The maximum absolute atomic E-state index is 11.6. The molecule has 0 atom stereocenters. The lowest BCUT2D eigenvalue weighted by Gasteiger charge is -2.14. The molecule has 0 unspecified atom stereocenters. The molecule has 1 aliphatic rings. The topological polar surface area (TPSA) is 44.2 Å². The van der Waals surface area contributed by atoms with Crippen molar-refractivity contribution >= 4 is 40.8 Å². The molecule has 0 saturated carbocycles. The Balaban J connectivity index is 2.75. The SMILES string of the molecule is N=C=C(C(=O)N1CCCC1)C(=S)S. The van der Waals surface area contributed by atoms with Gasteiger partial charge in [0.1, 0.15) is 5.57 Å². The van der Waals surface area contributed by atoms with Crippen LogP contribution in [0.5, 0.6) is 0 Å². The molecule has 1 N–H and O–H groups in total. The molecule has 3 nitrogen and oxygen atoms in total. The van der Waals surface area contributed by atoms with Crippen LogP contribution in [0.15, 0.2) is 5.57 Å². The molecule has 13 heavy (non-hydrogen) atoms. The minimum Gasteiger partial charge on any atom is -0.338 e. The van der Waals surface area contributed by atoms with Crippen LogP contribution in [-0.2, 0) is 4.79 Å². The summed E-state index contributed by atoms with van der Waals surface area (Å²) in [6, 6.07) is 0. The second kappa shape index (κ2) is 4.56. The van der Waals surface area contributed by atoms with E-state index in [0.717, 1.165) is 25.9 Å². The molecule has 1 heterocycles. The number of thiocarbonyl (C=S) groups is 1. The summed E-state index contributed by atoms with van der Waals surface area (Å²) in [4.78, 5) is 13.3. The van der Waals surface area contributed by atoms with Crippen LogP contribution >= 0.6 is 24.8 Å². The molecular formula is C8H10N2OS2. The molecule has 5 heteroatoms. The first-order valence-electron chi connectivity index (χ1n) is 3.99. The highest BCUT2D eigenvalue weighted by Gasteiger charge is 2.22. The third-order valence-electron chi connectivity index (χ3n) is 1.95. The number of nitrogens with zero attached hydrogens (tertiary/aromatic N) is 1. The van der Waals surface area contributed by atoms with Crippen LogP contribution in [0.25, 0.3) is 0 Å². The van der Waals surface area contributed by atoms with Crippen LogP contribution in [0.4, 0.5) is 0 Å². The van der Waals surface area contributed by atoms with Crippen molar-refractivity contribution in [2.75, 3.05) is 13.1 Å². The number of hydrogen-bond acceptors (Lipinski definition) is 3. The first-order chi connectivity index (χ1) is 6.16. The summed E-state index contributed by atoms with van der Waals surface area (Å²) in [5.41, 5.74) is 0.0974. The molecule has 0 spiro atoms. The highest BCUT2D eigenvalue weighted by Crippen LogP contribution is 2.12. The molecule has 1 rings (SSSR count). The fourth-order valence-electron chi connectivity index (χ4n) is 1.28. The van der Waals surface area contributed by atoms with Crippen LogP contribution in [0.1, 0.15) is 12.8 Å². The third-order valence-corrected chi connectivity index (χ3v) is 2.37. The Morgan fingerprint density at radius 1 is 1.46 bits per heavy atom. The van der Waals surface area contributed by atoms with Crippen LogP contribution in [0, 0.1) is 5.41 Å². The average Bonchev–Trinajstić information content (AvgIpc) is 2.56. The van der Waals surface area contributed by atoms with E-state index in [2.05, 4.69) is 12.6 Å². The van der Waals surface area contributed by atoms with Crippen molar-refractivity contribution in [1.82, 2.24) is 4.90 Å². The van der Waals surface area contributed by atoms with Crippen LogP contribution in [0.2, 0.25) is 0 Å². The van der Waals surface area contributed by atoms with Gasteiger partial charge < -0.3 is 4.90 Å². The van der Waals surface area contributed by atoms with Gasteiger partial charge >= 0.3 is 0 Å². The first kappa shape index (κ1) is 10.4. The van der Waals surface area contributed by atoms with Gasteiger partial charge in [-0.2, -0.15) is 0 Å². The molecule has 70 valence electrons. The van der Waals surface area contributed by atoms with E-state index in [-0.39, 0.29) is 15.7 Å². The van der Waals surface area contributed by atoms with Crippen molar-refractivity contribution in [2.24, 2.45) is 0 Å². The van der Waals surface area contributed by atoms with E-state index in [4.69, 9.17) is 17.6 Å². The summed E-state index contributed by atoms with van der Waals surface area (Å²) in [7, 11) is 0. The van der Waals surface area contributed by atoms with Crippen molar-refractivity contribution in [3.63, 3.8) is 0 Å². The molecule has 0 aliphatic carbocycles. The van der Waals surface area contributed by atoms with Gasteiger partial charge in [0.25, 0.3) is 5.91 Å². The fraction of sp³-hybridized carbons (Fsp3) is 0.500. The van der Waals surface area contributed by atoms with Crippen molar-refractivity contribution in [3.8, 4) is 0 Å². The minimum absolute atomic E-state index is 0.0974. The van der Waals surface area contributed by atoms with Crippen LogP contribution < -0.4 is 0 Å². The Kier molecular flexibility index (Phi) is 3.66. The van der Waals surface area contributed by atoms with Crippen molar-refractivity contribution in [3.05, 3.63) is 5.57 Å². The largest absolute Gasteiger partial charge is 0.338 e. The van der Waals surface area contributed by atoms with Gasteiger partial charge in [-0.3, -0.25) is 10.2 Å². The number of likely N-dealkylation sites (tertiary alicyclic amines) is 1. The van der Waals surface area contributed by atoms with E-state index < -0.39 is 0 Å². The molecule has 0 aromatic heterocycles. The predicted octanol–water partition coefficient (Wildman–Crippen LogP) is 1.04. The maximum atomic E-state index is 11.6. The van der Waals surface area contributed by atoms with Gasteiger partial charge in [0.2, 0.25) is 0 Å². The van der Waals surface area contributed by atoms with Gasteiger partial charge in [-0.15, -0.1) is 12.6 Å². The molecule has 0 aromatic carbocycles. The quantitative estimate of drug-likeness (QED) is 0.312. The smallest absolute Gasteiger partial charge is 0.265 e. The van der Waals surface area contributed by atoms with E-state index in [0.29, 0.717) is 0 Å². The van der Waals surface area contributed by atoms with E-state index in [1.807, 2.05) is 5.87 Å². The Morgan fingerprint density at radius 2 is 2.00 bits per heavy atom. The first-order valence-corrected chi connectivity index (χ1v) is 4.84. The standard InChI is InChI=1S/C8H10N2OS2/c9-5-6(8(12)13)7(11)10-3-1-2-4-10/h9H,1-4H2,(H,12,13). The van der Waals surface area contributed by atoms with Gasteiger partial charge in [0, 0.05) is 13.1 Å². The summed E-state index contributed by atoms with van der Waals surface area (Å²) < 4.78 is 0.145. The van der Waals surface area contributed by atoms with E-state index in [1.165, 1.54) is 0 Å². The minimum atomic E-state index is -0.215. The monoisotopic (exact) mass is 214 g/mol. The number of carbonyl (C=O) groups excluding carboxylic acids is 1. The van der Waals surface area contributed by atoms with Gasteiger partial charge in [0.15, 0.2) is 0 Å². The van der Waals surface area contributed by atoms with Gasteiger partial charge in [0.05, 0.1) is 4.20 Å². The molecular weight excluding hydrogens is 204 g/mol. The zero-order valence-electron chi connectivity index (χ0n) is 7.04. The Bertz CT molecular complexity index is 289. The Morgan fingerprint density at radius 3 is 2.38 bits per heavy atom. The molecule has 1 fully saturated rings. The second-order valence-corrected chi connectivity index (χ2v) is 3.96. The van der Waals surface area contributed by atoms with Gasteiger partial charge in [-0.25, -0.2) is 0 Å². The number of hydrogen-bond donors (Lipinski definition) is 2. The lowest BCUT2D eigenvalue weighted by Crippen LogP contribution is -2.30.